The van der Waals surface area contributed by atoms with Crippen LogP contribution >= 0.6 is 0 Å². The molecule has 0 bridgehead atoms. The van der Waals surface area contributed by atoms with Crippen LogP contribution in [0.3, 0.4) is 0 Å². The van der Waals surface area contributed by atoms with Crippen molar-refractivity contribution in [1.82, 2.24) is 14.5 Å². The van der Waals surface area contributed by atoms with Crippen molar-refractivity contribution in [1.29, 1.82) is 0 Å². The predicted molar refractivity (Wildman–Crippen MR) is 106 cm³/mol. The second-order valence-corrected chi connectivity index (χ2v) is 6.89. The number of hydrogen-bond acceptors (Lipinski definition) is 4. The van der Waals surface area contributed by atoms with E-state index in [2.05, 4.69) is 46.8 Å². The molecule has 0 radical (unpaired) electrons. The number of methoxy groups -OCH3 is 2. The predicted octanol–water partition coefficient (Wildman–Crippen LogP) is 3.66. The van der Waals surface area contributed by atoms with Crippen LogP contribution in [-0.2, 0) is 26.6 Å². The van der Waals surface area contributed by atoms with Crippen LogP contribution in [0.5, 0.6) is 11.5 Å². The second kappa shape index (κ2) is 7.45. The molecule has 3 aromatic rings. The summed E-state index contributed by atoms with van der Waals surface area (Å²) in [5, 5.41) is 0. The quantitative estimate of drug-likeness (QED) is 0.693. The molecule has 0 fully saturated rings. The molecule has 0 amide bonds. The third kappa shape index (κ3) is 3.43. The van der Waals surface area contributed by atoms with Gasteiger partial charge in [-0.05, 0) is 6.07 Å². The lowest BCUT2D eigenvalue weighted by Crippen LogP contribution is -2.31. The van der Waals surface area contributed by atoms with Crippen molar-refractivity contribution in [3.05, 3.63) is 65.5 Å². The first-order valence-electron chi connectivity index (χ1n) is 9.22. The fourth-order valence-corrected chi connectivity index (χ4v) is 3.74. The van der Waals surface area contributed by atoms with E-state index < -0.39 is 0 Å². The summed E-state index contributed by atoms with van der Waals surface area (Å²) in [5.41, 5.74) is 4.85. The molecule has 0 aliphatic carbocycles. The number of aromatic nitrogens is 2. The van der Waals surface area contributed by atoms with Gasteiger partial charge in [0, 0.05) is 50.3 Å². The van der Waals surface area contributed by atoms with E-state index in [4.69, 9.17) is 14.5 Å². The average molecular weight is 363 g/mol. The maximum atomic E-state index is 5.56. The molecule has 1 aliphatic heterocycles. The van der Waals surface area contributed by atoms with Crippen LogP contribution in [0.15, 0.2) is 48.5 Å². The van der Waals surface area contributed by atoms with E-state index in [-0.39, 0.29) is 0 Å². The minimum Gasteiger partial charge on any atom is -0.497 e. The Hall–Kier alpha value is -2.79. The Labute approximate surface area is 160 Å². The largest absolute Gasteiger partial charge is 0.497 e. The van der Waals surface area contributed by atoms with E-state index in [0.717, 1.165) is 48.9 Å². The number of fused-ring (bicyclic) bond motifs is 1. The normalized spacial score (nSPS) is 14.0. The van der Waals surface area contributed by atoms with Crippen LogP contribution in [0.25, 0.3) is 11.4 Å². The number of ether oxygens (including phenoxy) is 2. The third-order valence-electron chi connectivity index (χ3n) is 5.25. The van der Waals surface area contributed by atoms with Gasteiger partial charge in [-0.2, -0.15) is 0 Å². The Bertz CT molecular complexity index is 934. The molecule has 5 nitrogen and oxygen atoms in total. The second-order valence-electron chi connectivity index (χ2n) is 6.89. The molecule has 0 saturated heterocycles. The highest BCUT2D eigenvalue weighted by molar-refractivity contribution is 5.57. The average Bonchev–Trinajstić information content (AvgIpc) is 3.05. The zero-order chi connectivity index (χ0) is 18.8. The van der Waals surface area contributed by atoms with Crippen molar-refractivity contribution in [3.63, 3.8) is 0 Å². The summed E-state index contributed by atoms with van der Waals surface area (Å²) in [7, 11) is 5.50. The summed E-state index contributed by atoms with van der Waals surface area (Å²) in [4.78, 5) is 7.36. The first kappa shape index (κ1) is 17.6. The molecule has 5 heteroatoms. The van der Waals surface area contributed by atoms with Crippen LogP contribution in [-0.4, -0.2) is 35.2 Å². The lowest BCUT2D eigenvalue weighted by Gasteiger charge is -2.27. The van der Waals surface area contributed by atoms with Gasteiger partial charge >= 0.3 is 0 Å². The lowest BCUT2D eigenvalue weighted by molar-refractivity contribution is 0.234. The molecule has 1 aromatic heterocycles. The number of benzene rings is 2. The molecule has 27 heavy (non-hydrogen) atoms. The minimum atomic E-state index is 0.815. The molecule has 0 saturated carbocycles. The van der Waals surface area contributed by atoms with Crippen molar-refractivity contribution >= 4 is 0 Å². The standard InChI is InChI=1S/C22H25N3O2/c1-24-20-15-25(14-17-9-10-18(26-2)13-21(17)27-3)12-11-19(20)23-22(24)16-7-5-4-6-8-16/h4-10,13H,11-12,14-15H2,1-3H3. The number of imidazole rings is 1. The zero-order valence-corrected chi connectivity index (χ0v) is 16.1. The molecule has 1 aliphatic rings. The fourth-order valence-electron chi connectivity index (χ4n) is 3.74. The molecule has 2 aromatic carbocycles. The molecule has 0 atom stereocenters. The summed E-state index contributed by atoms with van der Waals surface area (Å²) >= 11 is 0. The fraction of sp³-hybridized carbons (Fsp3) is 0.318. The SMILES string of the molecule is COc1ccc(CN2CCc3nc(-c4ccccc4)n(C)c3C2)c(OC)c1. The Morgan fingerprint density at radius 1 is 1.04 bits per heavy atom. The van der Waals surface area contributed by atoms with Crippen molar-refractivity contribution in [2.75, 3.05) is 20.8 Å². The maximum Gasteiger partial charge on any atom is 0.140 e. The summed E-state index contributed by atoms with van der Waals surface area (Å²) in [6.45, 7) is 2.73. The van der Waals surface area contributed by atoms with E-state index >= 15 is 0 Å². The summed E-state index contributed by atoms with van der Waals surface area (Å²) < 4.78 is 13.1. The molecule has 140 valence electrons. The van der Waals surface area contributed by atoms with E-state index in [0.29, 0.717) is 0 Å². The molecule has 0 N–H and O–H groups in total. The first-order valence-corrected chi connectivity index (χ1v) is 9.22. The van der Waals surface area contributed by atoms with Gasteiger partial charge < -0.3 is 14.0 Å². The van der Waals surface area contributed by atoms with Gasteiger partial charge in [-0.25, -0.2) is 4.98 Å². The van der Waals surface area contributed by atoms with E-state index in [1.165, 1.54) is 17.0 Å². The Balaban J connectivity index is 1.56. The van der Waals surface area contributed by atoms with Gasteiger partial charge in [0.2, 0.25) is 0 Å². The van der Waals surface area contributed by atoms with Crippen molar-refractivity contribution in [2.24, 2.45) is 7.05 Å². The molecular formula is C22H25N3O2. The van der Waals surface area contributed by atoms with E-state index in [1.807, 2.05) is 18.2 Å². The van der Waals surface area contributed by atoms with Gasteiger partial charge in [0.05, 0.1) is 25.6 Å². The van der Waals surface area contributed by atoms with Gasteiger partial charge in [-0.15, -0.1) is 0 Å². The van der Waals surface area contributed by atoms with Gasteiger partial charge in [0.15, 0.2) is 0 Å². The molecular weight excluding hydrogens is 338 g/mol. The summed E-state index contributed by atoms with van der Waals surface area (Å²) in [6, 6.07) is 16.4. The lowest BCUT2D eigenvalue weighted by atomic mass is 10.1. The molecule has 2 heterocycles. The van der Waals surface area contributed by atoms with Crippen LogP contribution < -0.4 is 9.47 Å². The molecule has 0 unspecified atom stereocenters. The Morgan fingerprint density at radius 2 is 1.85 bits per heavy atom. The Kier molecular flexibility index (Phi) is 4.86. The Morgan fingerprint density at radius 3 is 2.59 bits per heavy atom. The van der Waals surface area contributed by atoms with E-state index in [1.54, 1.807) is 14.2 Å². The number of hydrogen-bond donors (Lipinski definition) is 0. The highest BCUT2D eigenvalue weighted by Crippen LogP contribution is 2.29. The van der Waals surface area contributed by atoms with Crippen LogP contribution in [0, 0.1) is 0 Å². The number of nitrogens with zero attached hydrogens (tertiary/aromatic N) is 3. The van der Waals surface area contributed by atoms with Crippen LogP contribution in [0.2, 0.25) is 0 Å². The zero-order valence-electron chi connectivity index (χ0n) is 16.1. The van der Waals surface area contributed by atoms with Crippen molar-refractivity contribution in [2.45, 2.75) is 19.5 Å². The van der Waals surface area contributed by atoms with Gasteiger partial charge in [0.25, 0.3) is 0 Å². The van der Waals surface area contributed by atoms with Crippen LogP contribution in [0.1, 0.15) is 17.0 Å². The van der Waals surface area contributed by atoms with Gasteiger partial charge in [-0.3, -0.25) is 4.90 Å². The summed E-state index contributed by atoms with van der Waals surface area (Å²) in [5.74, 6) is 2.73. The highest BCUT2D eigenvalue weighted by Gasteiger charge is 2.24. The summed E-state index contributed by atoms with van der Waals surface area (Å²) in [6.07, 6.45) is 0.967. The third-order valence-corrected chi connectivity index (χ3v) is 5.25. The van der Waals surface area contributed by atoms with Gasteiger partial charge in [-0.1, -0.05) is 36.4 Å². The first-order chi connectivity index (χ1) is 13.2. The smallest absolute Gasteiger partial charge is 0.140 e. The van der Waals surface area contributed by atoms with Crippen molar-refractivity contribution in [3.8, 4) is 22.9 Å². The molecule has 4 rings (SSSR count). The highest BCUT2D eigenvalue weighted by atomic mass is 16.5. The monoisotopic (exact) mass is 363 g/mol. The minimum absolute atomic E-state index is 0.815. The molecule has 0 spiro atoms. The van der Waals surface area contributed by atoms with Crippen molar-refractivity contribution < 1.29 is 9.47 Å². The van der Waals surface area contributed by atoms with Crippen LogP contribution in [0.4, 0.5) is 0 Å². The maximum absolute atomic E-state index is 5.56. The topological polar surface area (TPSA) is 39.5 Å². The van der Waals surface area contributed by atoms with Gasteiger partial charge in [0.1, 0.15) is 17.3 Å². The number of rotatable bonds is 5. The van der Waals surface area contributed by atoms with E-state index in [9.17, 15) is 0 Å².